The van der Waals surface area contributed by atoms with Gasteiger partial charge in [0.2, 0.25) is 0 Å². The molecule has 0 bridgehead atoms. The van der Waals surface area contributed by atoms with E-state index in [-0.39, 0.29) is 12.0 Å². The summed E-state index contributed by atoms with van der Waals surface area (Å²) in [6, 6.07) is 4.11. The summed E-state index contributed by atoms with van der Waals surface area (Å²) in [5, 5.41) is 0. The van der Waals surface area contributed by atoms with Gasteiger partial charge in [0.15, 0.2) is 0 Å². The Labute approximate surface area is 93.2 Å². The molecule has 0 amide bonds. The molecule has 2 rings (SSSR count). The van der Waals surface area contributed by atoms with E-state index >= 15 is 0 Å². The van der Waals surface area contributed by atoms with Crippen LogP contribution in [0.1, 0.15) is 23.5 Å². The molecule has 1 aliphatic carbocycles. The zero-order chi connectivity index (χ0) is 12.8. The molecule has 2 atom stereocenters. The summed E-state index contributed by atoms with van der Waals surface area (Å²) in [5.74, 6) is -2.32. The number of alkyl halides is 6. The van der Waals surface area contributed by atoms with E-state index in [4.69, 9.17) is 0 Å². The van der Waals surface area contributed by atoms with Gasteiger partial charge in [0, 0.05) is 0 Å². The average Bonchev–Trinajstić information content (AvgIpc) is 2.95. The molecular formula is C11H8F6. The maximum Gasteiger partial charge on any atom is 0.416 e. The second kappa shape index (κ2) is 3.65. The summed E-state index contributed by atoms with van der Waals surface area (Å²) < 4.78 is 73.9. The normalized spacial score (nSPS) is 24.8. The molecule has 0 radical (unpaired) electrons. The minimum Gasteiger partial charge on any atom is -0.171 e. The lowest BCUT2D eigenvalue weighted by Crippen LogP contribution is -2.11. The molecule has 1 saturated carbocycles. The van der Waals surface area contributed by atoms with Crippen LogP contribution >= 0.6 is 0 Å². The molecule has 0 aliphatic heterocycles. The predicted octanol–water partition coefficient (Wildman–Crippen LogP) is 4.37. The molecule has 1 aliphatic rings. The Morgan fingerprint density at radius 1 is 1.00 bits per heavy atom. The van der Waals surface area contributed by atoms with E-state index < -0.39 is 29.8 Å². The number of rotatable bonds is 1. The summed E-state index contributed by atoms with van der Waals surface area (Å²) in [6.07, 6.45) is -8.96. The Morgan fingerprint density at radius 2 is 1.65 bits per heavy atom. The third-order valence-electron chi connectivity index (χ3n) is 2.85. The van der Waals surface area contributed by atoms with Crippen molar-refractivity contribution in [2.75, 3.05) is 0 Å². The molecule has 6 heteroatoms. The Bertz CT molecular complexity index is 417. The molecule has 2 unspecified atom stereocenters. The van der Waals surface area contributed by atoms with Crippen LogP contribution in [-0.4, -0.2) is 6.18 Å². The Hall–Kier alpha value is -1.20. The van der Waals surface area contributed by atoms with Crippen molar-refractivity contribution >= 4 is 0 Å². The Morgan fingerprint density at radius 3 is 2.12 bits per heavy atom. The van der Waals surface area contributed by atoms with Gasteiger partial charge in [-0.05, 0) is 24.0 Å². The van der Waals surface area contributed by atoms with Gasteiger partial charge in [-0.1, -0.05) is 18.2 Å². The van der Waals surface area contributed by atoms with Gasteiger partial charge in [-0.15, -0.1) is 0 Å². The quantitative estimate of drug-likeness (QED) is 0.653. The van der Waals surface area contributed by atoms with Gasteiger partial charge >= 0.3 is 12.4 Å². The molecule has 0 N–H and O–H groups in total. The standard InChI is InChI=1S/C11H8F6/c12-10(13,14)7-3-1-2-6(4-7)8-5-9(8)11(15,16)17/h1-4,8-9H,5H2. The van der Waals surface area contributed by atoms with Gasteiger partial charge in [-0.3, -0.25) is 0 Å². The second-order valence-electron chi connectivity index (χ2n) is 4.11. The van der Waals surface area contributed by atoms with Crippen molar-refractivity contribution < 1.29 is 26.3 Å². The van der Waals surface area contributed by atoms with Crippen LogP contribution in [0.25, 0.3) is 0 Å². The number of benzene rings is 1. The van der Waals surface area contributed by atoms with E-state index in [9.17, 15) is 26.3 Å². The third kappa shape index (κ3) is 2.56. The molecule has 1 aromatic carbocycles. The van der Waals surface area contributed by atoms with E-state index in [1.807, 2.05) is 0 Å². The molecule has 0 saturated heterocycles. The number of hydrogen-bond donors (Lipinski definition) is 0. The summed E-state index contributed by atoms with van der Waals surface area (Å²) >= 11 is 0. The lowest BCUT2D eigenvalue weighted by molar-refractivity contribution is -0.148. The summed E-state index contributed by atoms with van der Waals surface area (Å²) in [6.45, 7) is 0. The van der Waals surface area contributed by atoms with Gasteiger partial charge in [-0.2, -0.15) is 26.3 Å². The zero-order valence-corrected chi connectivity index (χ0v) is 8.44. The van der Waals surface area contributed by atoms with Crippen LogP contribution in [0, 0.1) is 5.92 Å². The summed E-state index contributed by atoms with van der Waals surface area (Å²) in [5.41, 5.74) is -0.787. The first-order valence-electron chi connectivity index (χ1n) is 4.93. The van der Waals surface area contributed by atoms with Crippen LogP contribution in [-0.2, 0) is 6.18 Å². The Kier molecular flexibility index (Phi) is 2.63. The van der Waals surface area contributed by atoms with Crippen LogP contribution in [0.4, 0.5) is 26.3 Å². The fraction of sp³-hybridized carbons (Fsp3) is 0.455. The largest absolute Gasteiger partial charge is 0.416 e. The van der Waals surface area contributed by atoms with Crippen molar-refractivity contribution in [3.8, 4) is 0 Å². The van der Waals surface area contributed by atoms with Crippen molar-refractivity contribution in [1.29, 1.82) is 0 Å². The molecule has 1 fully saturated rings. The maximum absolute atomic E-state index is 12.4. The lowest BCUT2D eigenvalue weighted by atomic mass is 10.1. The fourth-order valence-electron chi connectivity index (χ4n) is 1.87. The SMILES string of the molecule is FC(F)(F)c1cccc(C2CC2C(F)(F)F)c1. The molecule has 0 spiro atoms. The molecule has 17 heavy (non-hydrogen) atoms. The highest BCUT2D eigenvalue weighted by Gasteiger charge is 2.56. The topological polar surface area (TPSA) is 0 Å². The monoisotopic (exact) mass is 254 g/mol. The predicted molar refractivity (Wildman–Crippen MR) is 48.3 cm³/mol. The van der Waals surface area contributed by atoms with Gasteiger partial charge in [0.05, 0.1) is 11.5 Å². The van der Waals surface area contributed by atoms with Crippen molar-refractivity contribution in [3.63, 3.8) is 0 Å². The van der Waals surface area contributed by atoms with Crippen molar-refractivity contribution in [3.05, 3.63) is 35.4 Å². The minimum atomic E-state index is -4.52. The van der Waals surface area contributed by atoms with E-state index in [0.717, 1.165) is 18.2 Å². The number of halogens is 6. The maximum atomic E-state index is 12.4. The first kappa shape index (κ1) is 12.3. The van der Waals surface area contributed by atoms with Crippen LogP contribution in [0.5, 0.6) is 0 Å². The highest BCUT2D eigenvalue weighted by atomic mass is 19.4. The minimum absolute atomic E-state index is 0.113. The molecule has 94 valence electrons. The van der Waals surface area contributed by atoms with Gasteiger partial charge in [0.1, 0.15) is 0 Å². The second-order valence-corrected chi connectivity index (χ2v) is 4.11. The smallest absolute Gasteiger partial charge is 0.171 e. The van der Waals surface area contributed by atoms with Gasteiger partial charge in [-0.25, -0.2) is 0 Å². The van der Waals surface area contributed by atoms with Crippen molar-refractivity contribution in [1.82, 2.24) is 0 Å². The van der Waals surface area contributed by atoms with E-state index in [1.54, 1.807) is 0 Å². The first-order chi connectivity index (χ1) is 7.69. The van der Waals surface area contributed by atoms with E-state index in [2.05, 4.69) is 0 Å². The van der Waals surface area contributed by atoms with Crippen LogP contribution in [0.15, 0.2) is 24.3 Å². The lowest BCUT2D eigenvalue weighted by Gasteiger charge is -2.09. The van der Waals surface area contributed by atoms with Crippen LogP contribution < -0.4 is 0 Å². The molecular weight excluding hydrogens is 246 g/mol. The summed E-state index contributed by atoms with van der Waals surface area (Å²) in [7, 11) is 0. The van der Waals surface area contributed by atoms with Gasteiger partial charge < -0.3 is 0 Å². The highest BCUT2D eigenvalue weighted by molar-refractivity contribution is 5.32. The number of hydrogen-bond acceptors (Lipinski definition) is 0. The average molecular weight is 254 g/mol. The van der Waals surface area contributed by atoms with E-state index in [0.29, 0.717) is 0 Å². The highest BCUT2D eigenvalue weighted by Crippen LogP contribution is 2.56. The van der Waals surface area contributed by atoms with Crippen molar-refractivity contribution in [2.45, 2.75) is 24.7 Å². The molecule has 0 aromatic heterocycles. The van der Waals surface area contributed by atoms with Crippen LogP contribution in [0.3, 0.4) is 0 Å². The third-order valence-corrected chi connectivity index (χ3v) is 2.85. The molecule has 0 heterocycles. The Balaban J connectivity index is 2.20. The fourth-order valence-corrected chi connectivity index (χ4v) is 1.87. The van der Waals surface area contributed by atoms with Crippen LogP contribution in [0.2, 0.25) is 0 Å². The molecule has 0 nitrogen and oxygen atoms in total. The van der Waals surface area contributed by atoms with Crippen molar-refractivity contribution in [2.24, 2.45) is 5.92 Å². The van der Waals surface area contributed by atoms with E-state index in [1.165, 1.54) is 6.07 Å². The van der Waals surface area contributed by atoms with Gasteiger partial charge in [0.25, 0.3) is 0 Å². The molecule has 1 aromatic rings. The summed E-state index contributed by atoms with van der Waals surface area (Å²) in [4.78, 5) is 0. The first-order valence-corrected chi connectivity index (χ1v) is 4.93. The zero-order valence-electron chi connectivity index (χ0n) is 8.44.